The molecule has 0 fully saturated rings. The third-order valence-electron chi connectivity index (χ3n) is 2.52. The molecule has 3 nitrogen and oxygen atoms in total. The van der Waals surface area contributed by atoms with Gasteiger partial charge in [0.25, 0.3) is 0 Å². The highest BCUT2D eigenvalue weighted by Crippen LogP contribution is 2.25. The molecule has 0 aliphatic heterocycles. The van der Waals surface area contributed by atoms with Crippen molar-refractivity contribution in [2.24, 2.45) is 0 Å². The van der Waals surface area contributed by atoms with Gasteiger partial charge in [-0.2, -0.15) is 0 Å². The number of hydrogen-bond acceptors (Lipinski definition) is 2. The maximum atomic E-state index is 4.47. The van der Waals surface area contributed by atoms with E-state index in [1.807, 2.05) is 13.1 Å². The summed E-state index contributed by atoms with van der Waals surface area (Å²) in [6.07, 6.45) is 2.04. The van der Waals surface area contributed by atoms with E-state index in [2.05, 4.69) is 62.8 Å². The molecule has 1 aromatic heterocycles. The van der Waals surface area contributed by atoms with E-state index < -0.39 is 0 Å². The maximum absolute atomic E-state index is 4.47. The first-order valence-electron chi connectivity index (χ1n) is 5.68. The second kappa shape index (κ2) is 4.92. The summed E-state index contributed by atoms with van der Waals surface area (Å²) in [6.45, 7) is 7.01. The second-order valence-corrected chi connectivity index (χ2v) is 4.92. The van der Waals surface area contributed by atoms with Gasteiger partial charge in [-0.1, -0.05) is 6.07 Å². The third-order valence-corrected chi connectivity index (χ3v) is 3.16. The van der Waals surface area contributed by atoms with E-state index in [4.69, 9.17) is 0 Å². The van der Waals surface area contributed by atoms with Crippen LogP contribution in [-0.4, -0.2) is 16.1 Å². The van der Waals surface area contributed by atoms with Crippen molar-refractivity contribution in [1.82, 2.24) is 9.55 Å². The minimum Gasteiger partial charge on any atom is -0.356 e. The largest absolute Gasteiger partial charge is 0.356 e. The Labute approximate surface area is 110 Å². The Morgan fingerprint density at radius 3 is 2.76 bits per heavy atom. The van der Waals surface area contributed by atoms with E-state index in [-0.39, 0.29) is 0 Å². The lowest BCUT2D eigenvalue weighted by atomic mass is 10.2. The zero-order valence-electron chi connectivity index (χ0n) is 10.3. The summed E-state index contributed by atoms with van der Waals surface area (Å²) in [5.41, 5.74) is 3.35. The molecule has 0 radical (unpaired) electrons. The van der Waals surface area contributed by atoms with Crippen LogP contribution in [0.1, 0.15) is 18.2 Å². The number of imidazole rings is 1. The van der Waals surface area contributed by atoms with Crippen molar-refractivity contribution in [3.8, 4) is 5.69 Å². The van der Waals surface area contributed by atoms with Crippen LogP contribution in [0.3, 0.4) is 0 Å². The van der Waals surface area contributed by atoms with Gasteiger partial charge in [0.2, 0.25) is 5.95 Å². The van der Waals surface area contributed by atoms with Crippen molar-refractivity contribution in [2.75, 3.05) is 11.9 Å². The van der Waals surface area contributed by atoms with Crippen LogP contribution in [0.4, 0.5) is 5.95 Å². The molecular weight excluding hydrogens is 278 g/mol. The van der Waals surface area contributed by atoms with Crippen molar-refractivity contribution in [1.29, 1.82) is 0 Å². The topological polar surface area (TPSA) is 29.9 Å². The van der Waals surface area contributed by atoms with Gasteiger partial charge in [0.15, 0.2) is 0 Å². The monoisotopic (exact) mass is 293 g/mol. The Hall–Kier alpha value is -1.29. The molecule has 1 aromatic carbocycles. The third kappa shape index (κ3) is 2.52. The molecule has 17 heavy (non-hydrogen) atoms. The quantitative estimate of drug-likeness (QED) is 0.935. The van der Waals surface area contributed by atoms with E-state index in [0.29, 0.717) is 0 Å². The van der Waals surface area contributed by atoms with Gasteiger partial charge in [0.1, 0.15) is 0 Å². The highest BCUT2D eigenvalue weighted by molar-refractivity contribution is 9.10. The van der Waals surface area contributed by atoms with Crippen LogP contribution in [0.15, 0.2) is 28.9 Å². The Morgan fingerprint density at radius 1 is 1.35 bits per heavy atom. The molecule has 0 spiro atoms. The number of rotatable bonds is 3. The van der Waals surface area contributed by atoms with Crippen LogP contribution < -0.4 is 5.32 Å². The van der Waals surface area contributed by atoms with Crippen LogP contribution in [0.2, 0.25) is 0 Å². The fourth-order valence-corrected chi connectivity index (χ4v) is 2.46. The normalized spacial score (nSPS) is 10.6. The molecule has 0 atom stereocenters. The van der Waals surface area contributed by atoms with E-state index in [0.717, 1.165) is 28.3 Å². The van der Waals surface area contributed by atoms with Gasteiger partial charge < -0.3 is 5.32 Å². The minimum atomic E-state index is 0.861. The first kappa shape index (κ1) is 12.2. The molecule has 0 saturated heterocycles. The van der Waals surface area contributed by atoms with Gasteiger partial charge in [-0.3, -0.25) is 4.57 Å². The molecule has 0 unspecified atom stereocenters. The molecule has 0 bridgehead atoms. The lowest BCUT2D eigenvalue weighted by Crippen LogP contribution is -2.05. The second-order valence-electron chi connectivity index (χ2n) is 4.06. The smallest absolute Gasteiger partial charge is 0.207 e. The predicted molar refractivity (Wildman–Crippen MR) is 74.9 cm³/mol. The van der Waals surface area contributed by atoms with Gasteiger partial charge in [0.05, 0.1) is 11.4 Å². The Morgan fingerprint density at radius 2 is 2.12 bits per heavy atom. The Kier molecular flexibility index (Phi) is 3.52. The van der Waals surface area contributed by atoms with Crippen LogP contribution in [0.25, 0.3) is 5.69 Å². The summed E-state index contributed by atoms with van der Waals surface area (Å²) in [5, 5.41) is 3.27. The average Bonchev–Trinajstić information content (AvgIpc) is 2.60. The fraction of sp³-hybridized carbons (Fsp3) is 0.308. The number of aryl methyl sites for hydroxylation is 2. The van der Waals surface area contributed by atoms with E-state index in [1.54, 1.807) is 0 Å². The fourth-order valence-electron chi connectivity index (χ4n) is 1.77. The molecule has 90 valence electrons. The minimum absolute atomic E-state index is 0.861. The van der Waals surface area contributed by atoms with E-state index in [9.17, 15) is 0 Å². The summed E-state index contributed by atoms with van der Waals surface area (Å²) in [4.78, 5) is 4.47. The van der Waals surface area contributed by atoms with Crippen molar-refractivity contribution in [2.45, 2.75) is 20.8 Å². The maximum Gasteiger partial charge on any atom is 0.207 e. The van der Waals surface area contributed by atoms with Crippen LogP contribution in [0.5, 0.6) is 0 Å². The first-order chi connectivity index (χ1) is 8.11. The van der Waals surface area contributed by atoms with Crippen LogP contribution >= 0.6 is 15.9 Å². The molecular formula is C13H16BrN3. The number of nitrogens with one attached hydrogen (secondary N) is 1. The molecule has 0 aliphatic rings. The highest BCUT2D eigenvalue weighted by atomic mass is 79.9. The number of anilines is 1. The molecule has 0 aliphatic carbocycles. The van der Waals surface area contributed by atoms with E-state index >= 15 is 0 Å². The summed E-state index contributed by atoms with van der Waals surface area (Å²) < 4.78 is 3.15. The zero-order chi connectivity index (χ0) is 12.4. The lowest BCUT2D eigenvalue weighted by Gasteiger charge is -2.10. The van der Waals surface area contributed by atoms with Crippen LogP contribution in [0, 0.1) is 13.8 Å². The molecule has 4 heteroatoms. The van der Waals surface area contributed by atoms with E-state index in [1.165, 1.54) is 5.56 Å². The van der Waals surface area contributed by atoms with Crippen LogP contribution in [-0.2, 0) is 0 Å². The molecule has 1 heterocycles. The summed E-state index contributed by atoms with van der Waals surface area (Å²) >= 11 is 3.60. The molecule has 0 saturated carbocycles. The molecule has 0 amide bonds. The molecule has 2 aromatic rings. The van der Waals surface area contributed by atoms with Gasteiger partial charge in [-0.25, -0.2) is 4.98 Å². The number of aromatic nitrogens is 2. The van der Waals surface area contributed by atoms with Crippen molar-refractivity contribution in [3.05, 3.63) is 40.1 Å². The van der Waals surface area contributed by atoms with Gasteiger partial charge in [-0.15, -0.1) is 0 Å². The Bertz CT molecular complexity index is 531. The lowest BCUT2D eigenvalue weighted by molar-refractivity contribution is 1.02. The first-order valence-corrected chi connectivity index (χ1v) is 6.47. The Balaban J connectivity index is 2.51. The van der Waals surface area contributed by atoms with Gasteiger partial charge in [-0.05, 0) is 54.4 Å². The molecule has 2 rings (SSSR count). The number of hydrogen-bond donors (Lipinski definition) is 1. The van der Waals surface area contributed by atoms with Crippen molar-refractivity contribution >= 4 is 21.9 Å². The standard InChI is InChI=1S/C13H16BrN3/c1-4-15-13-16-10(3)8-17(13)12-6-5-9(2)7-11(12)14/h5-8H,4H2,1-3H3,(H,15,16). The summed E-state index contributed by atoms with van der Waals surface area (Å²) in [5.74, 6) is 0.884. The van der Waals surface area contributed by atoms with Crippen molar-refractivity contribution in [3.63, 3.8) is 0 Å². The predicted octanol–water partition coefficient (Wildman–Crippen LogP) is 3.68. The summed E-state index contributed by atoms with van der Waals surface area (Å²) in [6, 6.07) is 6.31. The van der Waals surface area contributed by atoms with Gasteiger partial charge >= 0.3 is 0 Å². The average molecular weight is 294 g/mol. The SMILES string of the molecule is CCNc1nc(C)cn1-c1ccc(C)cc1Br. The van der Waals surface area contributed by atoms with Gasteiger partial charge in [0, 0.05) is 17.2 Å². The number of halogens is 1. The highest BCUT2D eigenvalue weighted by Gasteiger charge is 2.09. The number of benzene rings is 1. The molecule has 1 N–H and O–H groups in total. The number of nitrogens with zero attached hydrogens (tertiary/aromatic N) is 2. The zero-order valence-corrected chi connectivity index (χ0v) is 11.9. The van der Waals surface area contributed by atoms with Crippen molar-refractivity contribution < 1.29 is 0 Å². The summed E-state index contributed by atoms with van der Waals surface area (Å²) in [7, 11) is 0.